The maximum Gasteiger partial charge on any atom is 0.251 e. The Hall–Kier alpha value is -3.21. The van der Waals surface area contributed by atoms with Gasteiger partial charge in [-0.05, 0) is 47.8 Å². The van der Waals surface area contributed by atoms with Crippen LogP contribution in [0.2, 0.25) is 5.02 Å². The molecule has 3 aromatic heterocycles. The van der Waals surface area contributed by atoms with E-state index in [2.05, 4.69) is 20.5 Å². The number of nitrogens with zero attached hydrogens (tertiary/aromatic N) is 4. The number of hydrogen-bond acceptors (Lipinski definition) is 7. The molecule has 0 bridgehead atoms. The van der Waals surface area contributed by atoms with Gasteiger partial charge >= 0.3 is 0 Å². The molecule has 1 aromatic carbocycles. The summed E-state index contributed by atoms with van der Waals surface area (Å²) in [7, 11) is 0. The number of hydrogen-bond donors (Lipinski definition) is 2. The molecule has 4 rings (SSSR count). The summed E-state index contributed by atoms with van der Waals surface area (Å²) >= 11 is 8.50. The number of amides is 2. The third-order valence-corrected chi connectivity index (χ3v) is 6.18. The van der Waals surface area contributed by atoms with Gasteiger partial charge < -0.3 is 11.1 Å². The van der Waals surface area contributed by atoms with Crippen molar-refractivity contribution in [3.63, 3.8) is 0 Å². The first-order valence-corrected chi connectivity index (χ1v) is 11.2. The van der Waals surface area contributed by atoms with Gasteiger partial charge in [-0.15, -0.1) is 21.5 Å². The second-order valence-corrected chi connectivity index (χ2v) is 8.51. The van der Waals surface area contributed by atoms with Crippen LogP contribution in [0.1, 0.15) is 10.4 Å². The molecule has 3 N–H and O–H groups in total. The first kappa shape index (κ1) is 21.0. The highest BCUT2D eigenvalue weighted by atomic mass is 35.5. The quantitative estimate of drug-likeness (QED) is 0.396. The standard InChI is InChI=1S/C20H15ClN6O2S2/c21-13-1-3-14(4-2-13)27-18(12-5-8-23-9-6-12)25-26-20(27)31-11-16(28)24-19-15(17(22)29)7-10-30-19/h1-10H,11H2,(H2,22,29)(H,24,28). The van der Waals surface area contributed by atoms with Gasteiger partial charge in [0, 0.05) is 28.7 Å². The lowest BCUT2D eigenvalue weighted by atomic mass is 10.2. The molecule has 8 nitrogen and oxygen atoms in total. The SMILES string of the molecule is NC(=O)c1ccsc1NC(=O)CSc1nnc(-c2ccncc2)n1-c1ccc(Cl)cc1. The zero-order valence-electron chi connectivity index (χ0n) is 15.9. The zero-order valence-corrected chi connectivity index (χ0v) is 18.2. The molecule has 4 aromatic rings. The largest absolute Gasteiger partial charge is 0.366 e. The van der Waals surface area contributed by atoms with Crippen LogP contribution < -0.4 is 11.1 Å². The first-order chi connectivity index (χ1) is 15.0. The minimum atomic E-state index is -0.589. The Morgan fingerprint density at radius 2 is 1.84 bits per heavy atom. The number of nitrogens with one attached hydrogen (secondary N) is 1. The van der Waals surface area contributed by atoms with Crippen molar-refractivity contribution in [1.29, 1.82) is 0 Å². The molecule has 0 aliphatic rings. The Labute approximate surface area is 190 Å². The summed E-state index contributed by atoms with van der Waals surface area (Å²) in [6, 6.07) is 12.5. The number of nitrogens with two attached hydrogens (primary N) is 1. The van der Waals surface area contributed by atoms with E-state index in [0.717, 1.165) is 11.3 Å². The van der Waals surface area contributed by atoms with Crippen molar-refractivity contribution >= 4 is 51.5 Å². The molecule has 0 spiro atoms. The summed E-state index contributed by atoms with van der Waals surface area (Å²) in [5, 5.41) is 14.6. The van der Waals surface area contributed by atoms with Gasteiger partial charge in [0.1, 0.15) is 5.00 Å². The molecule has 0 fully saturated rings. The summed E-state index contributed by atoms with van der Waals surface area (Å²) in [6.07, 6.45) is 3.35. The predicted octanol–water partition coefficient (Wildman–Crippen LogP) is 3.87. The number of primary amides is 1. The molecule has 11 heteroatoms. The smallest absolute Gasteiger partial charge is 0.251 e. The number of carbonyl (C=O) groups excluding carboxylic acids is 2. The molecular weight excluding hydrogens is 456 g/mol. The van der Waals surface area contributed by atoms with Gasteiger partial charge in [-0.2, -0.15) is 0 Å². The Balaban J connectivity index is 1.59. The molecule has 0 aliphatic carbocycles. The summed E-state index contributed by atoms with van der Waals surface area (Å²) in [4.78, 5) is 28.0. The molecule has 156 valence electrons. The van der Waals surface area contributed by atoms with Gasteiger partial charge in [-0.25, -0.2) is 0 Å². The fraction of sp³-hybridized carbons (Fsp3) is 0.0500. The van der Waals surface area contributed by atoms with Crippen LogP contribution >= 0.6 is 34.7 Å². The minimum Gasteiger partial charge on any atom is -0.366 e. The molecule has 0 radical (unpaired) electrons. The highest BCUT2D eigenvalue weighted by Crippen LogP contribution is 2.29. The average molecular weight is 471 g/mol. The van der Waals surface area contributed by atoms with Crippen molar-refractivity contribution in [2.24, 2.45) is 5.73 Å². The van der Waals surface area contributed by atoms with Gasteiger partial charge in [-0.1, -0.05) is 23.4 Å². The number of anilines is 1. The van der Waals surface area contributed by atoms with E-state index >= 15 is 0 Å². The van der Waals surface area contributed by atoms with E-state index in [1.165, 1.54) is 23.1 Å². The van der Waals surface area contributed by atoms with E-state index in [1.807, 2.05) is 28.8 Å². The van der Waals surface area contributed by atoms with E-state index in [-0.39, 0.29) is 17.2 Å². The van der Waals surface area contributed by atoms with Crippen molar-refractivity contribution in [2.75, 3.05) is 11.1 Å². The lowest BCUT2D eigenvalue weighted by Crippen LogP contribution is -2.18. The van der Waals surface area contributed by atoms with Crippen LogP contribution in [0.4, 0.5) is 5.00 Å². The van der Waals surface area contributed by atoms with Crippen LogP contribution in [0.3, 0.4) is 0 Å². The van der Waals surface area contributed by atoms with Gasteiger partial charge in [0.2, 0.25) is 5.91 Å². The molecule has 31 heavy (non-hydrogen) atoms. The van der Waals surface area contributed by atoms with Crippen molar-refractivity contribution in [3.8, 4) is 17.1 Å². The average Bonchev–Trinajstić information content (AvgIpc) is 3.40. The fourth-order valence-electron chi connectivity index (χ4n) is 2.77. The van der Waals surface area contributed by atoms with Gasteiger partial charge in [-0.3, -0.25) is 19.1 Å². The summed E-state index contributed by atoms with van der Waals surface area (Å²) in [5.74, 6) is -0.195. The third-order valence-electron chi connectivity index (χ3n) is 4.17. The number of rotatable bonds is 7. The highest BCUT2D eigenvalue weighted by Gasteiger charge is 2.18. The number of pyridine rings is 1. The van der Waals surface area contributed by atoms with E-state index in [9.17, 15) is 9.59 Å². The normalized spacial score (nSPS) is 10.7. The van der Waals surface area contributed by atoms with Gasteiger partial charge in [0.05, 0.1) is 11.3 Å². The van der Waals surface area contributed by atoms with E-state index < -0.39 is 5.91 Å². The van der Waals surface area contributed by atoms with Crippen LogP contribution in [-0.2, 0) is 4.79 Å². The monoisotopic (exact) mass is 470 g/mol. The maximum absolute atomic E-state index is 12.5. The van der Waals surface area contributed by atoms with E-state index in [0.29, 0.717) is 21.0 Å². The second-order valence-electron chi connectivity index (χ2n) is 6.22. The Morgan fingerprint density at radius 1 is 1.10 bits per heavy atom. The molecule has 0 aliphatic heterocycles. The van der Waals surface area contributed by atoms with Crippen LogP contribution in [0.5, 0.6) is 0 Å². The Morgan fingerprint density at radius 3 is 2.55 bits per heavy atom. The summed E-state index contributed by atoms with van der Waals surface area (Å²) < 4.78 is 1.85. The zero-order chi connectivity index (χ0) is 21.8. The highest BCUT2D eigenvalue weighted by molar-refractivity contribution is 7.99. The lowest BCUT2D eigenvalue weighted by Gasteiger charge is -2.10. The predicted molar refractivity (Wildman–Crippen MR) is 122 cm³/mol. The van der Waals surface area contributed by atoms with E-state index in [1.54, 1.807) is 36.0 Å². The Bertz CT molecular complexity index is 1220. The number of carbonyl (C=O) groups is 2. The minimum absolute atomic E-state index is 0.0676. The molecule has 0 unspecified atom stereocenters. The van der Waals surface area contributed by atoms with Gasteiger partial charge in [0.15, 0.2) is 11.0 Å². The van der Waals surface area contributed by atoms with Crippen molar-refractivity contribution in [3.05, 3.63) is 70.8 Å². The first-order valence-electron chi connectivity index (χ1n) is 8.94. The van der Waals surface area contributed by atoms with Crippen molar-refractivity contribution in [1.82, 2.24) is 19.7 Å². The van der Waals surface area contributed by atoms with Crippen LogP contribution in [0.15, 0.2) is 65.4 Å². The lowest BCUT2D eigenvalue weighted by molar-refractivity contribution is -0.113. The molecular formula is C20H15ClN6O2S2. The molecule has 3 heterocycles. The van der Waals surface area contributed by atoms with Crippen LogP contribution in [0, 0.1) is 0 Å². The van der Waals surface area contributed by atoms with E-state index in [4.69, 9.17) is 17.3 Å². The fourth-order valence-corrected chi connectivity index (χ4v) is 4.45. The molecule has 0 atom stereocenters. The number of aromatic nitrogens is 4. The molecule has 2 amide bonds. The number of halogens is 1. The maximum atomic E-state index is 12.5. The Kier molecular flexibility index (Phi) is 6.31. The number of thiophene rings is 1. The summed E-state index contributed by atoms with van der Waals surface area (Å²) in [6.45, 7) is 0. The molecule has 0 saturated carbocycles. The number of benzene rings is 1. The van der Waals surface area contributed by atoms with Crippen molar-refractivity contribution in [2.45, 2.75) is 5.16 Å². The second kappa shape index (κ2) is 9.29. The topological polar surface area (TPSA) is 116 Å². The van der Waals surface area contributed by atoms with Gasteiger partial charge in [0.25, 0.3) is 5.91 Å². The van der Waals surface area contributed by atoms with Crippen molar-refractivity contribution < 1.29 is 9.59 Å². The molecule has 0 saturated heterocycles. The van der Waals surface area contributed by atoms with Crippen LogP contribution in [-0.4, -0.2) is 37.3 Å². The number of thioether (sulfide) groups is 1. The van der Waals surface area contributed by atoms with Crippen LogP contribution in [0.25, 0.3) is 17.1 Å². The summed E-state index contributed by atoms with van der Waals surface area (Å²) in [5.41, 5.74) is 7.25. The third kappa shape index (κ3) is 4.76.